The van der Waals surface area contributed by atoms with Crippen LogP contribution in [0.1, 0.15) is 49.7 Å². The molecule has 2 heterocycles. The SMILES string of the molecule is NC(=O)C[C@H]1NC(=O)C2(CCCCC2)NC(=O)[C@@H](Cc2ccc(OP(=O)(O)O)cc2)NC(=O)C[S@@](=O)C[C@H](C(N)=O)NC(=O)[C@@H](Cc2c[nH]c3ccccc23)NC1=O. The van der Waals surface area contributed by atoms with Crippen molar-refractivity contribution in [2.24, 2.45) is 11.5 Å². The first-order valence-electron chi connectivity index (χ1n) is 18.3. The molecule has 1 spiro atoms. The molecule has 7 amide bonds. The predicted octanol–water partition coefficient (Wildman–Crippen LogP) is -1.69. The van der Waals surface area contributed by atoms with Crippen molar-refractivity contribution in [3.05, 3.63) is 65.9 Å². The molecule has 1 aliphatic carbocycles. The second-order valence-electron chi connectivity index (χ2n) is 14.2. The number of carbonyl (C=O) groups excluding carboxylic acids is 7. The van der Waals surface area contributed by atoms with Gasteiger partial charge in [-0.2, -0.15) is 0 Å². The second kappa shape index (κ2) is 18.8. The summed E-state index contributed by atoms with van der Waals surface area (Å²) in [6, 6.07) is 6.25. The lowest BCUT2D eigenvalue weighted by Crippen LogP contribution is -2.66. The van der Waals surface area contributed by atoms with Gasteiger partial charge in [0, 0.05) is 40.7 Å². The molecule has 1 saturated heterocycles. The lowest BCUT2D eigenvalue weighted by molar-refractivity contribution is -0.139. The highest BCUT2D eigenvalue weighted by molar-refractivity contribution is 7.85. The molecule has 2 fully saturated rings. The Kier molecular flexibility index (Phi) is 14.1. The molecular formula is C36H45N8O12PS. The van der Waals surface area contributed by atoms with Crippen LogP contribution in [0.25, 0.3) is 10.9 Å². The summed E-state index contributed by atoms with van der Waals surface area (Å²) in [5, 5.41) is 13.5. The molecule has 3 aromatic rings. The molecule has 12 N–H and O–H groups in total. The number of nitrogens with one attached hydrogen (secondary N) is 6. The van der Waals surface area contributed by atoms with Crippen LogP contribution in [0, 0.1) is 0 Å². The van der Waals surface area contributed by atoms with E-state index in [1.165, 1.54) is 24.3 Å². The molecule has 2 aromatic carbocycles. The molecule has 0 bridgehead atoms. The average Bonchev–Trinajstić information content (AvgIpc) is 3.56. The van der Waals surface area contributed by atoms with E-state index in [0.29, 0.717) is 35.8 Å². The van der Waals surface area contributed by atoms with Crippen LogP contribution in [-0.2, 0) is 61.8 Å². The van der Waals surface area contributed by atoms with Crippen molar-refractivity contribution < 1.29 is 56.6 Å². The highest BCUT2D eigenvalue weighted by Gasteiger charge is 2.44. The molecular weight excluding hydrogens is 799 g/mol. The van der Waals surface area contributed by atoms with E-state index in [2.05, 4.69) is 36.1 Å². The van der Waals surface area contributed by atoms with Gasteiger partial charge in [0.2, 0.25) is 41.4 Å². The second-order valence-corrected chi connectivity index (χ2v) is 16.9. The molecule has 1 aliphatic heterocycles. The van der Waals surface area contributed by atoms with Gasteiger partial charge in [0.05, 0.1) is 12.2 Å². The third-order valence-corrected chi connectivity index (χ3v) is 11.5. The van der Waals surface area contributed by atoms with Crippen molar-refractivity contribution in [1.82, 2.24) is 31.6 Å². The highest BCUT2D eigenvalue weighted by Crippen LogP contribution is 2.37. The first-order valence-corrected chi connectivity index (χ1v) is 21.3. The maximum atomic E-state index is 14.3. The van der Waals surface area contributed by atoms with Gasteiger partial charge in [-0.1, -0.05) is 49.6 Å². The third-order valence-electron chi connectivity index (χ3n) is 9.81. The van der Waals surface area contributed by atoms with Gasteiger partial charge in [0.15, 0.2) is 0 Å². The Hall–Kier alpha value is -5.63. The van der Waals surface area contributed by atoms with Gasteiger partial charge in [-0.3, -0.25) is 47.6 Å². The Morgan fingerprint density at radius 1 is 0.828 bits per heavy atom. The maximum absolute atomic E-state index is 14.3. The number of hydrogen-bond donors (Lipinski definition) is 10. The number of para-hydroxylation sites is 1. The minimum absolute atomic E-state index is 0.106. The molecule has 312 valence electrons. The number of aromatic nitrogens is 1. The summed E-state index contributed by atoms with van der Waals surface area (Å²) >= 11 is 0. The zero-order valence-electron chi connectivity index (χ0n) is 31.1. The number of aromatic amines is 1. The predicted molar refractivity (Wildman–Crippen MR) is 207 cm³/mol. The van der Waals surface area contributed by atoms with Crippen molar-refractivity contribution in [2.45, 2.75) is 81.1 Å². The van der Waals surface area contributed by atoms with Gasteiger partial charge in [-0.25, -0.2) is 4.57 Å². The normalized spacial score (nSPS) is 24.0. The van der Waals surface area contributed by atoms with Crippen LogP contribution in [0.5, 0.6) is 5.75 Å². The molecule has 5 rings (SSSR count). The molecule has 0 unspecified atom stereocenters. The molecule has 2 aliphatic rings. The Morgan fingerprint density at radius 2 is 1.48 bits per heavy atom. The summed E-state index contributed by atoms with van der Waals surface area (Å²) < 4.78 is 29.2. The third kappa shape index (κ3) is 11.7. The van der Waals surface area contributed by atoms with E-state index in [-0.39, 0.29) is 31.4 Å². The zero-order valence-corrected chi connectivity index (χ0v) is 32.8. The average molecular weight is 845 g/mol. The highest BCUT2D eigenvalue weighted by atomic mass is 32.2. The summed E-state index contributed by atoms with van der Waals surface area (Å²) in [7, 11) is -7.04. The summed E-state index contributed by atoms with van der Waals surface area (Å²) in [5.41, 5.74) is 11.1. The minimum atomic E-state index is -4.88. The number of amides is 7. The molecule has 1 aromatic heterocycles. The first-order chi connectivity index (χ1) is 27.4. The molecule has 1 saturated carbocycles. The van der Waals surface area contributed by atoms with Crippen molar-refractivity contribution >= 4 is 70.9 Å². The molecule has 0 radical (unpaired) electrons. The fourth-order valence-electron chi connectivity index (χ4n) is 6.96. The summed E-state index contributed by atoms with van der Waals surface area (Å²) in [6.07, 6.45) is 2.41. The number of fused-ring (bicyclic) bond motifs is 1. The smallest absolute Gasteiger partial charge is 0.404 e. The van der Waals surface area contributed by atoms with Crippen LogP contribution in [0.15, 0.2) is 54.7 Å². The fraction of sp³-hybridized carbons (Fsp3) is 0.417. The van der Waals surface area contributed by atoms with Crippen LogP contribution < -0.4 is 42.6 Å². The summed E-state index contributed by atoms with van der Waals surface area (Å²) in [6.45, 7) is 0. The number of benzene rings is 2. The lowest BCUT2D eigenvalue weighted by atomic mass is 9.80. The van der Waals surface area contributed by atoms with Crippen LogP contribution in [0.2, 0.25) is 0 Å². The number of phosphoric ester groups is 1. The quantitative estimate of drug-likeness (QED) is 0.108. The van der Waals surface area contributed by atoms with Crippen LogP contribution >= 0.6 is 7.82 Å². The number of carbonyl (C=O) groups is 7. The van der Waals surface area contributed by atoms with Gasteiger partial charge >= 0.3 is 7.82 Å². The Bertz CT molecular complexity index is 2130. The Labute approximate surface area is 334 Å². The Morgan fingerprint density at radius 3 is 2.14 bits per heavy atom. The summed E-state index contributed by atoms with van der Waals surface area (Å²) in [5.74, 6) is -8.11. The van der Waals surface area contributed by atoms with E-state index < -0.39 is 108 Å². The number of rotatable bonds is 9. The van der Waals surface area contributed by atoms with Gasteiger partial charge < -0.3 is 47.6 Å². The number of H-pyrrole nitrogens is 1. The number of nitrogens with two attached hydrogens (primary N) is 2. The van der Waals surface area contributed by atoms with Gasteiger partial charge in [0.1, 0.15) is 41.2 Å². The van der Waals surface area contributed by atoms with E-state index in [1.807, 2.05) is 0 Å². The molecule has 58 heavy (non-hydrogen) atoms. The van der Waals surface area contributed by atoms with Crippen LogP contribution in [0.4, 0.5) is 0 Å². The van der Waals surface area contributed by atoms with Crippen molar-refractivity contribution in [1.29, 1.82) is 0 Å². The van der Waals surface area contributed by atoms with E-state index >= 15 is 0 Å². The maximum Gasteiger partial charge on any atom is 0.524 e. The minimum Gasteiger partial charge on any atom is -0.404 e. The number of hydrogen-bond acceptors (Lipinski definition) is 10. The van der Waals surface area contributed by atoms with Gasteiger partial charge in [-0.05, 0) is 42.2 Å². The molecule has 22 heteroatoms. The lowest BCUT2D eigenvalue weighted by Gasteiger charge is -2.38. The van der Waals surface area contributed by atoms with Crippen molar-refractivity contribution in [3.8, 4) is 5.75 Å². The Balaban J connectivity index is 1.50. The number of phosphoric acid groups is 1. The molecule has 20 nitrogen and oxygen atoms in total. The topological polar surface area (TPSA) is 331 Å². The van der Waals surface area contributed by atoms with E-state index in [4.69, 9.17) is 21.3 Å². The van der Waals surface area contributed by atoms with E-state index in [9.17, 15) is 42.3 Å². The molecule has 5 atom stereocenters. The first kappa shape index (κ1) is 43.5. The zero-order chi connectivity index (χ0) is 42.2. The van der Waals surface area contributed by atoms with Crippen LogP contribution in [-0.4, -0.2) is 102 Å². The number of primary amides is 2. The van der Waals surface area contributed by atoms with Gasteiger partial charge in [0.25, 0.3) is 0 Å². The standard InChI is InChI=1S/C36H45N8O12PS/c37-29(45)16-27-33(49)41-26(15-21-17-39-24-7-3-2-6-23(21)24)32(48)42-28(31(38)47)18-58(55)19-30(46)40-25(14-20-8-10-22(11-9-20)56-57(52,53)54)34(50)44-36(35(51)43-27)12-4-1-5-13-36/h2-3,6-11,17,25-28,39H,1,4-5,12-16,18-19H2,(H2,37,45)(H2,38,47)(H,40,46)(H,41,49)(H,42,48)(H,43,51)(H,44,50)(H2,52,53,54)/t25-,26-,27-,28-,58+/m1/s1. The van der Waals surface area contributed by atoms with Crippen molar-refractivity contribution in [3.63, 3.8) is 0 Å². The van der Waals surface area contributed by atoms with E-state index in [0.717, 1.165) is 5.52 Å². The van der Waals surface area contributed by atoms with Gasteiger partial charge in [-0.15, -0.1) is 0 Å². The monoisotopic (exact) mass is 844 g/mol. The largest absolute Gasteiger partial charge is 0.524 e. The summed E-state index contributed by atoms with van der Waals surface area (Å²) in [4.78, 5) is 116. The van der Waals surface area contributed by atoms with Crippen LogP contribution in [0.3, 0.4) is 0 Å². The van der Waals surface area contributed by atoms with E-state index in [1.54, 1.807) is 30.5 Å². The van der Waals surface area contributed by atoms with Crippen molar-refractivity contribution in [2.75, 3.05) is 11.5 Å². The fourth-order valence-corrected chi connectivity index (χ4v) is 8.47.